The van der Waals surface area contributed by atoms with Crippen molar-refractivity contribution in [3.8, 4) is 11.5 Å². The summed E-state index contributed by atoms with van der Waals surface area (Å²) in [6.07, 6.45) is -0.548. The molecule has 2 aromatic carbocycles. The molecule has 0 saturated heterocycles. The highest BCUT2D eigenvalue weighted by atomic mass is 16.5. The molecule has 0 aliphatic heterocycles. The van der Waals surface area contributed by atoms with Gasteiger partial charge >= 0.3 is 0 Å². The fourth-order valence-corrected chi connectivity index (χ4v) is 2.22. The molecule has 4 nitrogen and oxygen atoms in total. The van der Waals surface area contributed by atoms with Gasteiger partial charge < -0.3 is 14.8 Å². The molecule has 1 N–H and O–H groups in total. The van der Waals surface area contributed by atoms with Crippen LogP contribution in [0.2, 0.25) is 0 Å². The van der Waals surface area contributed by atoms with E-state index in [1.165, 1.54) is 11.1 Å². The van der Waals surface area contributed by atoms with Crippen LogP contribution in [0.15, 0.2) is 42.5 Å². The van der Waals surface area contributed by atoms with Crippen LogP contribution < -0.4 is 14.8 Å². The highest BCUT2D eigenvalue weighted by Crippen LogP contribution is 2.18. The van der Waals surface area contributed by atoms with Gasteiger partial charge in [-0.1, -0.05) is 24.3 Å². The van der Waals surface area contributed by atoms with Crippen molar-refractivity contribution in [1.82, 2.24) is 5.32 Å². The molecule has 24 heavy (non-hydrogen) atoms. The van der Waals surface area contributed by atoms with Crippen molar-refractivity contribution in [2.24, 2.45) is 0 Å². The van der Waals surface area contributed by atoms with Crippen molar-refractivity contribution in [2.45, 2.75) is 33.8 Å². The molecule has 0 spiro atoms. The predicted octanol–water partition coefficient (Wildman–Crippen LogP) is 3.57. The van der Waals surface area contributed by atoms with Crippen molar-refractivity contribution >= 4 is 5.91 Å². The number of aryl methyl sites for hydroxylation is 3. The van der Waals surface area contributed by atoms with Gasteiger partial charge in [0.2, 0.25) is 0 Å². The molecule has 2 aromatic rings. The Morgan fingerprint density at radius 3 is 2.50 bits per heavy atom. The van der Waals surface area contributed by atoms with Crippen LogP contribution in [0.3, 0.4) is 0 Å². The minimum absolute atomic E-state index is 0.151. The molecule has 0 heterocycles. The van der Waals surface area contributed by atoms with Crippen LogP contribution >= 0.6 is 0 Å². The number of carbonyl (C=O) groups excluding carboxylic acids is 1. The lowest BCUT2D eigenvalue weighted by Gasteiger charge is -2.16. The molecule has 0 aliphatic carbocycles. The van der Waals surface area contributed by atoms with Gasteiger partial charge in [-0.25, -0.2) is 0 Å². The second-order valence-corrected chi connectivity index (χ2v) is 5.91. The van der Waals surface area contributed by atoms with Crippen molar-refractivity contribution in [1.29, 1.82) is 0 Å². The second-order valence-electron chi connectivity index (χ2n) is 5.91. The summed E-state index contributed by atoms with van der Waals surface area (Å²) in [4.78, 5) is 12.1. The predicted molar refractivity (Wildman–Crippen MR) is 95.7 cm³/mol. The summed E-state index contributed by atoms with van der Waals surface area (Å²) in [5, 5.41) is 2.83. The summed E-state index contributed by atoms with van der Waals surface area (Å²) in [7, 11) is 0. The third kappa shape index (κ3) is 5.01. The van der Waals surface area contributed by atoms with E-state index in [1.807, 2.05) is 49.4 Å². The van der Waals surface area contributed by atoms with Crippen LogP contribution in [0.1, 0.15) is 23.6 Å². The van der Waals surface area contributed by atoms with E-state index in [2.05, 4.69) is 19.2 Å². The third-order valence-electron chi connectivity index (χ3n) is 3.91. The van der Waals surface area contributed by atoms with E-state index in [1.54, 1.807) is 6.92 Å². The molecular weight excluding hydrogens is 302 g/mol. The summed E-state index contributed by atoms with van der Waals surface area (Å²) >= 11 is 0. The van der Waals surface area contributed by atoms with Gasteiger partial charge in [0.25, 0.3) is 5.91 Å². The van der Waals surface area contributed by atoms with Crippen molar-refractivity contribution in [2.75, 3.05) is 13.2 Å². The average molecular weight is 327 g/mol. The SMILES string of the molecule is Cc1ccc(OCCNC(=O)C(C)Oc2ccccc2C)cc1C. The Labute approximate surface area is 143 Å². The number of para-hydroxylation sites is 1. The molecule has 128 valence electrons. The molecule has 0 aromatic heterocycles. The largest absolute Gasteiger partial charge is 0.492 e. The maximum Gasteiger partial charge on any atom is 0.260 e. The molecule has 0 radical (unpaired) electrons. The quantitative estimate of drug-likeness (QED) is 0.791. The number of hydrogen-bond acceptors (Lipinski definition) is 3. The monoisotopic (exact) mass is 327 g/mol. The molecule has 4 heteroatoms. The first-order valence-corrected chi connectivity index (χ1v) is 8.17. The van der Waals surface area contributed by atoms with Crippen molar-refractivity contribution in [3.63, 3.8) is 0 Å². The second kappa shape index (κ2) is 8.39. The van der Waals surface area contributed by atoms with Gasteiger partial charge in [0.05, 0.1) is 6.54 Å². The van der Waals surface area contributed by atoms with Crippen molar-refractivity contribution < 1.29 is 14.3 Å². The maximum atomic E-state index is 12.1. The standard InChI is InChI=1S/C20H25NO3/c1-14-9-10-18(13-16(14)3)23-12-11-21-20(22)17(4)24-19-8-6-5-7-15(19)2/h5-10,13,17H,11-12H2,1-4H3,(H,21,22). The molecule has 0 aliphatic rings. The summed E-state index contributed by atoms with van der Waals surface area (Å²) < 4.78 is 11.4. The van der Waals surface area contributed by atoms with Gasteiger partial charge in [0.15, 0.2) is 6.10 Å². The van der Waals surface area contributed by atoms with Crippen LogP contribution in [-0.2, 0) is 4.79 Å². The average Bonchev–Trinajstić information content (AvgIpc) is 2.56. The lowest BCUT2D eigenvalue weighted by Crippen LogP contribution is -2.38. The Kier molecular flexibility index (Phi) is 6.24. The first-order valence-electron chi connectivity index (χ1n) is 8.17. The van der Waals surface area contributed by atoms with E-state index < -0.39 is 6.10 Å². The summed E-state index contributed by atoms with van der Waals surface area (Å²) in [5.74, 6) is 1.39. The number of ether oxygens (including phenoxy) is 2. The van der Waals surface area contributed by atoms with Gasteiger partial charge in [-0.3, -0.25) is 4.79 Å². The van der Waals surface area contributed by atoms with Crippen LogP contribution in [0.5, 0.6) is 11.5 Å². The smallest absolute Gasteiger partial charge is 0.260 e. The van der Waals surface area contributed by atoms with E-state index >= 15 is 0 Å². The highest BCUT2D eigenvalue weighted by Gasteiger charge is 2.14. The fraction of sp³-hybridized carbons (Fsp3) is 0.350. The molecule has 1 unspecified atom stereocenters. The maximum absolute atomic E-state index is 12.1. The van der Waals surface area contributed by atoms with E-state index in [0.717, 1.165) is 17.1 Å². The summed E-state index contributed by atoms with van der Waals surface area (Å²) in [6, 6.07) is 13.6. The zero-order valence-electron chi connectivity index (χ0n) is 14.8. The summed E-state index contributed by atoms with van der Waals surface area (Å²) in [5.41, 5.74) is 3.44. The zero-order chi connectivity index (χ0) is 17.5. The van der Waals surface area contributed by atoms with E-state index in [4.69, 9.17) is 9.47 Å². The Hall–Kier alpha value is -2.49. The molecule has 0 bridgehead atoms. The topological polar surface area (TPSA) is 47.6 Å². The minimum Gasteiger partial charge on any atom is -0.492 e. The molecule has 1 atom stereocenters. The number of benzene rings is 2. The highest BCUT2D eigenvalue weighted by molar-refractivity contribution is 5.80. The number of nitrogens with one attached hydrogen (secondary N) is 1. The van der Waals surface area contributed by atoms with Crippen LogP contribution in [0, 0.1) is 20.8 Å². The Morgan fingerprint density at radius 2 is 1.79 bits per heavy atom. The molecule has 0 fully saturated rings. The van der Waals surface area contributed by atoms with Gasteiger partial charge in [-0.2, -0.15) is 0 Å². The van der Waals surface area contributed by atoms with E-state index in [-0.39, 0.29) is 5.91 Å². The first-order chi connectivity index (χ1) is 11.5. The lowest BCUT2D eigenvalue weighted by atomic mass is 10.1. The van der Waals surface area contributed by atoms with Crippen LogP contribution in [-0.4, -0.2) is 25.2 Å². The van der Waals surface area contributed by atoms with Crippen LogP contribution in [0.25, 0.3) is 0 Å². The van der Waals surface area contributed by atoms with Gasteiger partial charge in [-0.15, -0.1) is 0 Å². The van der Waals surface area contributed by atoms with Gasteiger partial charge in [0.1, 0.15) is 18.1 Å². The zero-order valence-corrected chi connectivity index (χ0v) is 14.8. The number of rotatable bonds is 7. The van der Waals surface area contributed by atoms with Crippen molar-refractivity contribution in [3.05, 3.63) is 59.2 Å². The fourth-order valence-electron chi connectivity index (χ4n) is 2.22. The molecule has 2 rings (SSSR count). The normalized spacial score (nSPS) is 11.7. The Morgan fingerprint density at radius 1 is 1.04 bits per heavy atom. The number of hydrogen-bond donors (Lipinski definition) is 1. The number of carbonyl (C=O) groups is 1. The third-order valence-corrected chi connectivity index (χ3v) is 3.91. The van der Waals surface area contributed by atoms with E-state index in [9.17, 15) is 4.79 Å². The molecular formula is C20H25NO3. The molecule has 1 amide bonds. The summed E-state index contributed by atoms with van der Waals surface area (Å²) in [6.45, 7) is 8.67. The first kappa shape index (κ1) is 17.9. The Bertz CT molecular complexity index is 697. The lowest BCUT2D eigenvalue weighted by molar-refractivity contribution is -0.127. The van der Waals surface area contributed by atoms with Crippen LogP contribution in [0.4, 0.5) is 0 Å². The Balaban J connectivity index is 1.74. The van der Waals surface area contributed by atoms with E-state index in [0.29, 0.717) is 13.2 Å². The number of amides is 1. The minimum atomic E-state index is -0.548. The molecule has 0 saturated carbocycles. The van der Waals surface area contributed by atoms with Gasteiger partial charge in [0, 0.05) is 0 Å². The van der Waals surface area contributed by atoms with Gasteiger partial charge in [-0.05, 0) is 62.6 Å².